The predicted molar refractivity (Wildman–Crippen MR) is 101 cm³/mol. The number of ketones is 2. The lowest BCUT2D eigenvalue weighted by atomic mass is 9.74. The molecule has 2 aliphatic rings. The molecule has 0 aliphatic heterocycles. The number of phenolic OH excluding ortho intramolecular Hbond substituents is 1. The maximum Gasteiger partial charge on any atom is 0.198 e. The second-order valence-electron chi connectivity index (χ2n) is 7.37. The van der Waals surface area contributed by atoms with Crippen LogP contribution >= 0.6 is 0 Å². The number of aromatic hydroxyl groups is 1. The summed E-state index contributed by atoms with van der Waals surface area (Å²) in [5, 5.41) is 29.9. The van der Waals surface area contributed by atoms with Gasteiger partial charge in [0.25, 0.3) is 0 Å². The largest absolute Gasteiger partial charge is 0.507 e. The Balaban J connectivity index is 1.98. The highest BCUT2D eigenvalue weighted by molar-refractivity contribution is 6.31. The number of phenols is 1. The van der Waals surface area contributed by atoms with Gasteiger partial charge in [0, 0.05) is 28.9 Å². The first-order valence-corrected chi connectivity index (χ1v) is 9.41. The number of hydrogen-bond donors (Lipinski definition) is 3. The van der Waals surface area contributed by atoms with Gasteiger partial charge < -0.3 is 20.1 Å². The first kappa shape index (κ1) is 18.7. The molecular weight excluding hydrogens is 360 g/mol. The fraction of sp³-hybridized carbons (Fsp3) is 0.364. The highest BCUT2D eigenvalue weighted by Crippen LogP contribution is 2.47. The zero-order chi connectivity index (χ0) is 20.0. The van der Waals surface area contributed by atoms with Crippen molar-refractivity contribution in [1.82, 2.24) is 0 Å². The molecule has 0 heterocycles. The second kappa shape index (κ2) is 7.04. The van der Waals surface area contributed by atoms with Crippen molar-refractivity contribution in [2.45, 2.75) is 32.3 Å². The Kier molecular flexibility index (Phi) is 4.69. The minimum atomic E-state index is -0.442. The lowest BCUT2D eigenvalue weighted by molar-refractivity contribution is 0.0971. The number of aliphatic hydroxyl groups excluding tert-OH is 2. The van der Waals surface area contributed by atoms with Crippen molar-refractivity contribution in [2.24, 2.45) is 5.92 Å². The maximum absolute atomic E-state index is 13.3. The third-order valence-electron chi connectivity index (χ3n) is 5.92. The first-order chi connectivity index (χ1) is 13.5. The van der Waals surface area contributed by atoms with Crippen molar-refractivity contribution in [2.75, 3.05) is 13.7 Å². The quantitative estimate of drug-likeness (QED) is 0.639. The Hall–Kier alpha value is -2.70. The Morgan fingerprint density at radius 3 is 2.54 bits per heavy atom. The molecule has 2 aliphatic carbocycles. The van der Waals surface area contributed by atoms with E-state index in [1.54, 1.807) is 12.1 Å². The van der Waals surface area contributed by atoms with Crippen LogP contribution in [0.15, 0.2) is 18.2 Å². The van der Waals surface area contributed by atoms with Gasteiger partial charge in [-0.1, -0.05) is 18.2 Å². The summed E-state index contributed by atoms with van der Waals surface area (Å²) >= 11 is 0. The van der Waals surface area contributed by atoms with Crippen LogP contribution in [0.4, 0.5) is 0 Å². The van der Waals surface area contributed by atoms with Gasteiger partial charge in [0.2, 0.25) is 0 Å². The van der Waals surface area contributed by atoms with E-state index < -0.39 is 11.6 Å². The van der Waals surface area contributed by atoms with Crippen LogP contribution in [0.3, 0.4) is 0 Å². The van der Waals surface area contributed by atoms with Crippen LogP contribution in [0, 0.1) is 5.92 Å². The summed E-state index contributed by atoms with van der Waals surface area (Å²) in [4.78, 5) is 26.5. The third-order valence-corrected chi connectivity index (χ3v) is 5.92. The molecule has 2 aromatic carbocycles. The number of carbonyl (C=O) groups is 2. The van der Waals surface area contributed by atoms with Crippen LogP contribution < -0.4 is 4.74 Å². The van der Waals surface area contributed by atoms with E-state index in [9.17, 15) is 24.9 Å². The normalized spacial score (nSPS) is 17.8. The Bertz CT molecular complexity index is 991. The molecule has 2 aromatic rings. The average Bonchev–Trinajstić information content (AvgIpc) is 2.71. The Morgan fingerprint density at radius 1 is 1.07 bits per heavy atom. The summed E-state index contributed by atoms with van der Waals surface area (Å²) in [7, 11) is 1.46. The summed E-state index contributed by atoms with van der Waals surface area (Å²) in [5.41, 5.74) is 2.18. The molecule has 0 saturated carbocycles. The smallest absolute Gasteiger partial charge is 0.198 e. The van der Waals surface area contributed by atoms with Crippen LogP contribution in [-0.4, -0.2) is 40.6 Å². The zero-order valence-electron chi connectivity index (χ0n) is 15.6. The van der Waals surface area contributed by atoms with Gasteiger partial charge in [-0.05, 0) is 37.2 Å². The fourth-order valence-electron chi connectivity index (χ4n) is 4.58. The van der Waals surface area contributed by atoms with Gasteiger partial charge in [0.05, 0.1) is 24.8 Å². The van der Waals surface area contributed by atoms with E-state index >= 15 is 0 Å². The third kappa shape index (κ3) is 2.56. The molecular formula is C22H22O6. The molecule has 3 N–H and O–H groups in total. The highest BCUT2D eigenvalue weighted by Gasteiger charge is 2.40. The van der Waals surface area contributed by atoms with Gasteiger partial charge in [-0.25, -0.2) is 0 Å². The number of hydrogen-bond acceptors (Lipinski definition) is 6. The van der Waals surface area contributed by atoms with Crippen molar-refractivity contribution in [1.29, 1.82) is 0 Å². The first-order valence-electron chi connectivity index (χ1n) is 9.41. The van der Waals surface area contributed by atoms with Crippen LogP contribution in [0.2, 0.25) is 0 Å². The fourth-order valence-corrected chi connectivity index (χ4v) is 4.58. The zero-order valence-corrected chi connectivity index (χ0v) is 15.6. The SMILES string of the molecule is COc1c2c(c(O)c3c1C(=O)c1c(CO)cccc1C3=O)C[C@@H](CCO)CC2. The van der Waals surface area contributed by atoms with Gasteiger partial charge in [-0.15, -0.1) is 0 Å². The number of benzene rings is 2. The van der Waals surface area contributed by atoms with Crippen LogP contribution in [-0.2, 0) is 19.4 Å². The van der Waals surface area contributed by atoms with Crippen molar-refractivity contribution in [3.8, 4) is 11.5 Å². The lowest BCUT2D eigenvalue weighted by Gasteiger charge is -2.31. The van der Waals surface area contributed by atoms with E-state index in [0.717, 1.165) is 12.0 Å². The lowest BCUT2D eigenvalue weighted by Crippen LogP contribution is -2.26. The molecule has 28 heavy (non-hydrogen) atoms. The number of methoxy groups -OCH3 is 1. The summed E-state index contributed by atoms with van der Waals surface area (Å²) in [5.74, 6) is -0.480. The number of carbonyl (C=O) groups excluding carboxylic acids is 2. The molecule has 4 rings (SSSR count). The molecule has 0 bridgehead atoms. The van der Waals surface area contributed by atoms with Crippen LogP contribution in [0.25, 0.3) is 0 Å². The van der Waals surface area contributed by atoms with E-state index in [1.807, 2.05) is 0 Å². The minimum absolute atomic E-state index is 0.0205. The topological polar surface area (TPSA) is 104 Å². The van der Waals surface area contributed by atoms with E-state index in [2.05, 4.69) is 0 Å². The second-order valence-corrected chi connectivity index (χ2v) is 7.37. The van der Waals surface area contributed by atoms with Crippen molar-refractivity contribution in [3.05, 3.63) is 57.1 Å². The van der Waals surface area contributed by atoms with E-state index in [0.29, 0.717) is 36.1 Å². The molecule has 1 atom stereocenters. The molecule has 0 spiro atoms. The summed E-state index contributed by atoms with van der Waals surface area (Å²) in [6.07, 6.45) is 2.55. The average molecular weight is 382 g/mol. The van der Waals surface area contributed by atoms with Crippen molar-refractivity contribution in [3.63, 3.8) is 0 Å². The van der Waals surface area contributed by atoms with E-state index in [4.69, 9.17) is 4.74 Å². The van der Waals surface area contributed by atoms with Crippen LogP contribution in [0.5, 0.6) is 11.5 Å². The van der Waals surface area contributed by atoms with E-state index in [1.165, 1.54) is 13.2 Å². The molecule has 0 fully saturated rings. The Morgan fingerprint density at radius 2 is 1.86 bits per heavy atom. The Labute approximate surface area is 162 Å². The van der Waals surface area contributed by atoms with E-state index in [-0.39, 0.29) is 47.1 Å². The maximum atomic E-state index is 13.3. The monoisotopic (exact) mass is 382 g/mol. The van der Waals surface area contributed by atoms with Gasteiger partial charge in [0.1, 0.15) is 11.5 Å². The number of fused-ring (bicyclic) bond motifs is 3. The van der Waals surface area contributed by atoms with Crippen molar-refractivity contribution >= 4 is 11.6 Å². The molecule has 0 radical (unpaired) electrons. The minimum Gasteiger partial charge on any atom is -0.507 e. The number of aliphatic hydroxyl groups is 2. The summed E-state index contributed by atoms with van der Waals surface area (Å²) in [6.45, 7) is -0.294. The molecule has 6 nitrogen and oxygen atoms in total. The number of ether oxygens (including phenoxy) is 1. The van der Waals surface area contributed by atoms with Crippen molar-refractivity contribution < 1.29 is 29.6 Å². The molecule has 6 heteroatoms. The van der Waals surface area contributed by atoms with Crippen LogP contribution in [0.1, 0.15) is 61.4 Å². The molecule has 0 amide bonds. The van der Waals surface area contributed by atoms with Gasteiger partial charge >= 0.3 is 0 Å². The molecule has 146 valence electrons. The van der Waals surface area contributed by atoms with Gasteiger partial charge in [0.15, 0.2) is 11.6 Å². The van der Waals surface area contributed by atoms with Gasteiger partial charge in [-0.3, -0.25) is 9.59 Å². The summed E-state index contributed by atoms with van der Waals surface area (Å²) < 4.78 is 5.57. The standard InChI is InChI=1S/C22H22O6/c1-28-22-13-6-5-11(7-8-23)9-15(13)20(26)17-18(22)21(27)16-12(10-24)3-2-4-14(16)19(17)25/h2-4,11,23-24,26H,5-10H2,1H3/t11-/m1/s1. The summed E-state index contributed by atoms with van der Waals surface area (Å²) in [6, 6.07) is 4.77. The molecule has 0 aromatic heterocycles. The molecule has 0 unspecified atom stereocenters. The number of rotatable bonds is 4. The molecule has 0 saturated heterocycles. The van der Waals surface area contributed by atoms with Gasteiger partial charge in [-0.2, -0.15) is 0 Å². The highest BCUT2D eigenvalue weighted by atomic mass is 16.5. The predicted octanol–water partition coefficient (Wildman–Crippen LogP) is 2.16.